The number of thiol groups is 1. The van der Waals surface area contributed by atoms with Gasteiger partial charge in [-0.05, 0) is 74.5 Å². The molecule has 9 atom stereocenters. The van der Waals surface area contributed by atoms with E-state index < -0.39 is 18.0 Å². The second kappa shape index (κ2) is 8.30. The third kappa shape index (κ3) is 3.56. The van der Waals surface area contributed by atoms with Gasteiger partial charge in [-0.2, -0.15) is 31.1 Å². The van der Waals surface area contributed by atoms with Gasteiger partial charge in [-0.3, -0.25) is 4.90 Å². The molecule has 1 saturated heterocycles. The summed E-state index contributed by atoms with van der Waals surface area (Å²) in [6.45, 7) is 0. The molecule has 3 fully saturated rings. The average molecular weight is 487 g/mol. The molecule has 0 N–H and O–H groups in total. The number of hydrogen-bond donors (Lipinski definition) is 1. The third-order valence-corrected chi connectivity index (χ3v) is 10.4. The van der Waals surface area contributed by atoms with Crippen molar-refractivity contribution in [3.05, 3.63) is 48.6 Å². The van der Waals surface area contributed by atoms with Crippen LogP contribution in [0, 0.1) is 58.7 Å². The van der Waals surface area contributed by atoms with E-state index in [4.69, 9.17) is 12.6 Å². The Hall–Kier alpha value is -1.45. The van der Waals surface area contributed by atoms with Crippen molar-refractivity contribution in [3.63, 3.8) is 0 Å². The minimum atomic E-state index is -4.35. The van der Waals surface area contributed by atoms with Crippen LogP contribution in [0.15, 0.2) is 48.6 Å². The molecular formula is C28H33F3N2S. The van der Waals surface area contributed by atoms with Gasteiger partial charge in [-0.25, -0.2) is 0 Å². The molecule has 1 heterocycles. The second-order valence-electron chi connectivity index (χ2n) is 11.5. The Balaban J connectivity index is 1.35. The van der Waals surface area contributed by atoms with Gasteiger partial charge in [0.05, 0.1) is 23.3 Å². The maximum atomic E-state index is 13.9. The molecular weight excluding hydrogens is 453 g/mol. The Labute approximate surface area is 206 Å². The normalized spacial score (nSPS) is 45.2. The molecule has 2 saturated carbocycles. The fraction of sp³-hybridized carbons (Fsp3) is 0.679. The smallest absolute Gasteiger partial charge is 0.279 e. The van der Waals surface area contributed by atoms with Gasteiger partial charge in [-0.15, -0.1) is 0 Å². The summed E-state index contributed by atoms with van der Waals surface area (Å²) in [4.78, 5) is 2.65. The van der Waals surface area contributed by atoms with Crippen molar-refractivity contribution in [2.45, 2.75) is 68.1 Å². The van der Waals surface area contributed by atoms with Gasteiger partial charge in [0.25, 0.3) is 0 Å². The van der Waals surface area contributed by atoms with E-state index in [1.807, 2.05) is 12.1 Å². The number of allylic oxidation sites excluding steroid dienone is 7. The van der Waals surface area contributed by atoms with Gasteiger partial charge < -0.3 is 0 Å². The predicted molar refractivity (Wildman–Crippen MR) is 130 cm³/mol. The first-order valence-corrected chi connectivity index (χ1v) is 13.5. The minimum absolute atomic E-state index is 0.0197. The maximum Gasteiger partial charge on any atom is 0.393 e. The molecule has 6 heteroatoms. The first kappa shape index (κ1) is 23.0. The second-order valence-corrected chi connectivity index (χ2v) is 12.0. The Kier molecular flexibility index (Phi) is 5.61. The van der Waals surface area contributed by atoms with Crippen LogP contribution in [0.1, 0.15) is 44.9 Å². The van der Waals surface area contributed by atoms with Gasteiger partial charge >= 0.3 is 6.18 Å². The van der Waals surface area contributed by atoms with Crippen molar-refractivity contribution in [2.75, 3.05) is 0 Å². The lowest BCUT2D eigenvalue weighted by atomic mass is 9.61. The molecule has 0 bridgehead atoms. The summed E-state index contributed by atoms with van der Waals surface area (Å²) < 4.78 is 41.8. The summed E-state index contributed by atoms with van der Waals surface area (Å²) in [6.07, 6.45) is 19.6. The van der Waals surface area contributed by atoms with Crippen LogP contribution in [0.3, 0.4) is 0 Å². The molecule has 2 nitrogen and oxygen atoms in total. The molecule has 0 aromatic rings. The standard InChI is InChI=1S/C28H33F3N2S/c29-28(30,31)23-15-20(8-9-21(23)16-32)24-25(18-6-7-18)27(12-3-13-27)33(26(24)34)22-11-10-17-4-1-2-5-19(17)14-22/h1-2,4-5,8-11,17-26,34H,3,6-7,12-15H2. The van der Waals surface area contributed by atoms with E-state index >= 15 is 0 Å². The number of fused-ring (bicyclic) bond motifs is 1. The molecule has 1 aliphatic heterocycles. The molecule has 1 spiro atoms. The molecule has 182 valence electrons. The number of nitriles is 1. The fourth-order valence-corrected chi connectivity index (χ4v) is 8.93. The fourth-order valence-electron chi connectivity index (χ4n) is 8.12. The molecule has 34 heavy (non-hydrogen) atoms. The number of likely N-dealkylation sites (tertiary alicyclic amines) is 1. The summed E-state index contributed by atoms with van der Waals surface area (Å²) >= 11 is 5.23. The molecule has 0 aromatic carbocycles. The Bertz CT molecular complexity index is 967. The van der Waals surface area contributed by atoms with Gasteiger partial charge in [-0.1, -0.05) is 48.6 Å². The van der Waals surface area contributed by atoms with Crippen LogP contribution in [-0.2, 0) is 0 Å². The van der Waals surface area contributed by atoms with Crippen LogP contribution in [0.4, 0.5) is 13.2 Å². The van der Waals surface area contributed by atoms with E-state index in [0.717, 1.165) is 19.3 Å². The highest BCUT2D eigenvalue weighted by atomic mass is 32.1. The van der Waals surface area contributed by atoms with Gasteiger partial charge in [0, 0.05) is 17.5 Å². The molecule has 0 amide bonds. The van der Waals surface area contributed by atoms with Gasteiger partial charge in [0.2, 0.25) is 0 Å². The number of alkyl halides is 3. The SMILES string of the molecule is N#CC1C=CC(C2C(S)N(C3C=CC4C=CC=CC4C3)C3(CCC3)C2C2CC2)CC1C(F)(F)F. The van der Waals surface area contributed by atoms with Crippen LogP contribution >= 0.6 is 12.6 Å². The molecule has 6 rings (SSSR count). The maximum absolute atomic E-state index is 13.9. The summed E-state index contributed by atoms with van der Waals surface area (Å²) in [6, 6.07) is 2.18. The zero-order chi connectivity index (χ0) is 23.7. The van der Waals surface area contributed by atoms with Crippen molar-refractivity contribution in [2.24, 2.45) is 47.3 Å². The summed E-state index contributed by atoms with van der Waals surface area (Å²) in [5.74, 6) is -0.785. The zero-order valence-corrected chi connectivity index (χ0v) is 20.2. The lowest BCUT2D eigenvalue weighted by Gasteiger charge is -2.54. The van der Waals surface area contributed by atoms with Crippen molar-refractivity contribution < 1.29 is 13.2 Å². The Morgan fingerprint density at radius 1 is 0.941 bits per heavy atom. The van der Waals surface area contributed by atoms with Crippen molar-refractivity contribution >= 4 is 12.6 Å². The lowest BCUT2D eigenvalue weighted by Crippen LogP contribution is -2.59. The Morgan fingerprint density at radius 3 is 2.35 bits per heavy atom. The molecule has 9 unspecified atom stereocenters. The highest BCUT2D eigenvalue weighted by molar-refractivity contribution is 7.80. The number of halogens is 3. The average Bonchev–Trinajstić information content (AvgIpc) is 3.59. The topological polar surface area (TPSA) is 27.0 Å². The minimum Gasteiger partial charge on any atom is -0.279 e. The quantitative estimate of drug-likeness (QED) is 0.355. The number of hydrogen-bond acceptors (Lipinski definition) is 3. The number of nitrogens with zero attached hydrogens (tertiary/aromatic N) is 2. The first-order chi connectivity index (χ1) is 16.3. The van der Waals surface area contributed by atoms with Gasteiger partial charge in [0.1, 0.15) is 0 Å². The third-order valence-electron chi connectivity index (χ3n) is 9.84. The van der Waals surface area contributed by atoms with Crippen molar-refractivity contribution in [1.82, 2.24) is 4.90 Å². The lowest BCUT2D eigenvalue weighted by molar-refractivity contribution is -0.186. The molecule has 0 aromatic heterocycles. The van der Waals surface area contributed by atoms with E-state index in [-0.39, 0.29) is 35.2 Å². The molecule has 0 radical (unpaired) electrons. The predicted octanol–water partition coefficient (Wildman–Crippen LogP) is 6.70. The van der Waals surface area contributed by atoms with E-state index in [1.54, 1.807) is 6.08 Å². The van der Waals surface area contributed by atoms with Gasteiger partial charge in [0.15, 0.2) is 0 Å². The Morgan fingerprint density at radius 2 is 1.71 bits per heavy atom. The van der Waals surface area contributed by atoms with Crippen LogP contribution in [0.25, 0.3) is 0 Å². The summed E-state index contributed by atoms with van der Waals surface area (Å²) in [7, 11) is 0. The zero-order valence-electron chi connectivity index (χ0n) is 19.3. The van der Waals surface area contributed by atoms with E-state index in [2.05, 4.69) is 41.4 Å². The number of rotatable bonds is 3. The largest absolute Gasteiger partial charge is 0.393 e. The molecule has 6 aliphatic rings. The van der Waals surface area contributed by atoms with E-state index in [1.165, 1.54) is 19.3 Å². The summed E-state index contributed by atoms with van der Waals surface area (Å²) in [5.41, 5.74) is 0.0714. The van der Waals surface area contributed by atoms with E-state index in [9.17, 15) is 18.4 Å². The molecule has 5 aliphatic carbocycles. The highest BCUT2D eigenvalue weighted by Crippen LogP contribution is 2.65. The summed E-state index contributed by atoms with van der Waals surface area (Å²) in [5, 5.41) is 9.32. The van der Waals surface area contributed by atoms with Crippen LogP contribution in [0.5, 0.6) is 0 Å². The van der Waals surface area contributed by atoms with Crippen molar-refractivity contribution in [1.29, 1.82) is 5.26 Å². The van der Waals surface area contributed by atoms with Crippen LogP contribution in [-0.4, -0.2) is 28.0 Å². The van der Waals surface area contributed by atoms with Crippen molar-refractivity contribution in [3.8, 4) is 6.07 Å². The van der Waals surface area contributed by atoms with Crippen LogP contribution in [0.2, 0.25) is 0 Å². The first-order valence-electron chi connectivity index (χ1n) is 13.0. The highest BCUT2D eigenvalue weighted by Gasteiger charge is 2.66. The van der Waals surface area contributed by atoms with E-state index in [0.29, 0.717) is 23.7 Å². The van der Waals surface area contributed by atoms with Crippen LogP contribution < -0.4 is 0 Å². The monoisotopic (exact) mass is 486 g/mol.